The Morgan fingerprint density at radius 3 is 2.72 bits per heavy atom. The number of aromatic amines is 1. The fourth-order valence-electron chi connectivity index (χ4n) is 4.78. The molecular weight excluding hydrogens is 424 g/mol. The number of ether oxygens (including phenoxy) is 1. The molecule has 0 radical (unpaired) electrons. The molecule has 0 unspecified atom stereocenters. The second-order valence-electron chi connectivity index (χ2n) is 8.32. The molecule has 3 aromatic carbocycles. The van der Waals surface area contributed by atoms with Gasteiger partial charge in [-0.2, -0.15) is 0 Å². The van der Waals surface area contributed by atoms with Crippen LogP contribution in [-0.2, 0) is 0 Å². The maximum absolute atomic E-state index is 13.6. The van der Waals surface area contributed by atoms with E-state index in [9.17, 15) is 9.59 Å². The van der Waals surface area contributed by atoms with E-state index in [4.69, 9.17) is 16.3 Å². The summed E-state index contributed by atoms with van der Waals surface area (Å²) in [5, 5.41) is 2.96. The number of rotatable bonds is 4. The quantitative estimate of drug-likeness (QED) is 0.317. The summed E-state index contributed by atoms with van der Waals surface area (Å²) in [6, 6.07) is 15.3. The first-order valence-electron chi connectivity index (χ1n) is 10.5. The monoisotopic (exact) mass is 446 g/mol. The van der Waals surface area contributed by atoms with Crippen LogP contribution in [0.4, 0.5) is 5.69 Å². The number of alkyl halides is 1. The van der Waals surface area contributed by atoms with Gasteiger partial charge in [-0.05, 0) is 54.6 Å². The number of halogens is 1. The van der Waals surface area contributed by atoms with E-state index >= 15 is 0 Å². The van der Waals surface area contributed by atoms with Gasteiger partial charge in [0.25, 0.3) is 5.91 Å². The molecule has 0 saturated heterocycles. The van der Waals surface area contributed by atoms with Crippen LogP contribution in [0.15, 0.2) is 48.5 Å². The Morgan fingerprint density at radius 1 is 1.19 bits per heavy atom. The van der Waals surface area contributed by atoms with E-state index in [2.05, 4.69) is 18.0 Å². The summed E-state index contributed by atoms with van der Waals surface area (Å²) in [5.41, 5.74) is 4.98. The van der Waals surface area contributed by atoms with Crippen molar-refractivity contribution >= 4 is 50.7 Å². The van der Waals surface area contributed by atoms with Crippen LogP contribution in [0.25, 0.3) is 21.7 Å². The van der Waals surface area contributed by atoms with Crippen LogP contribution in [0.2, 0.25) is 0 Å². The Balaban J connectivity index is 1.65. The molecule has 32 heavy (non-hydrogen) atoms. The molecule has 2 heterocycles. The van der Waals surface area contributed by atoms with Gasteiger partial charge in [0.1, 0.15) is 11.4 Å². The van der Waals surface area contributed by atoms with Crippen molar-refractivity contribution in [3.63, 3.8) is 0 Å². The number of aromatic nitrogens is 1. The molecule has 6 heteroatoms. The van der Waals surface area contributed by atoms with Crippen molar-refractivity contribution in [2.45, 2.75) is 19.8 Å². The van der Waals surface area contributed by atoms with Crippen LogP contribution in [0.5, 0.6) is 5.75 Å². The Kier molecular flexibility index (Phi) is 4.94. The SMILES string of the molecule is COc1cc2c(c3c(C)cccc13)[C@H](CCl)CN2C(=O)c1cc2cc(C(C)=O)ccc2[nH]1. The maximum Gasteiger partial charge on any atom is 0.274 e. The summed E-state index contributed by atoms with van der Waals surface area (Å²) in [6.45, 7) is 4.11. The zero-order valence-electron chi connectivity index (χ0n) is 18.2. The Hall–Kier alpha value is -3.31. The molecular formula is C26H23ClN2O3. The standard InChI is InChI=1S/C26H23ClN2O3/c1-14-5-4-6-19-23(32-3)11-22-25(24(14)19)18(12-27)13-29(22)26(31)21-10-17-9-16(15(2)30)7-8-20(17)28-21/h4-11,18,28H,12-13H2,1-3H3/t18-/m1/s1. The van der Waals surface area contributed by atoms with Crippen molar-refractivity contribution in [3.8, 4) is 5.75 Å². The van der Waals surface area contributed by atoms with Crippen LogP contribution < -0.4 is 9.64 Å². The van der Waals surface area contributed by atoms with Crippen molar-refractivity contribution in [2.24, 2.45) is 0 Å². The topological polar surface area (TPSA) is 62.4 Å². The molecule has 1 aromatic heterocycles. The van der Waals surface area contributed by atoms with Crippen LogP contribution in [0, 0.1) is 6.92 Å². The summed E-state index contributed by atoms with van der Waals surface area (Å²) in [6.07, 6.45) is 0. The second kappa shape index (κ2) is 7.68. The molecule has 5 nitrogen and oxygen atoms in total. The number of anilines is 1. The van der Waals surface area contributed by atoms with Gasteiger partial charge < -0.3 is 14.6 Å². The Bertz CT molecular complexity index is 1410. The number of nitrogens with one attached hydrogen (secondary N) is 1. The van der Waals surface area contributed by atoms with Gasteiger partial charge in [0.2, 0.25) is 0 Å². The van der Waals surface area contributed by atoms with Gasteiger partial charge in [-0.15, -0.1) is 11.6 Å². The van der Waals surface area contributed by atoms with E-state index in [1.807, 2.05) is 30.3 Å². The molecule has 1 amide bonds. The summed E-state index contributed by atoms with van der Waals surface area (Å²) in [7, 11) is 1.65. The summed E-state index contributed by atoms with van der Waals surface area (Å²) in [5.74, 6) is 1.04. The number of amides is 1. The zero-order valence-corrected chi connectivity index (χ0v) is 18.9. The summed E-state index contributed by atoms with van der Waals surface area (Å²) < 4.78 is 5.68. The zero-order chi connectivity index (χ0) is 22.6. The van der Waals surface area contributed by atoms with Gasteiger partial charge >= 0.3 is 0 Å². The number of Topliss-reactive ketones (excluding diaryl/α,β-unsaturated/α-hetero) is 1. The predicted molar refractivity (Wildman–Crippen MR) is 129 cm³/mol. The normalized spacial score (nSPS) is 15.4. The predicted octanol–water partition coefficient (Wildman–Crippen LogP) is 5.82. The van der Waals surface area contributed by atoms with E-state index in [1.54, 1.807) is 24.1 Å². The first kappa shape index (κ1) is 20.6. The lowest BCUT2D eigenvalue weighted by Gasteiger charge is -2.19. The van der Waals surface area contributed by atoms with E-state index in [0.29, 0.717) is 23.7 Å². The molecule has 0 bridgehead atoms. The van der Waals surface area contributed by atoms with Gasteiger partial charge in [0.15, 0.2) is 5.78 Å². The number of ketones is 1. The largest absolute Gasteiger partial charge is 0.496 e. The lowest BCUT2D eigenvalue weighted by atomic mass is 9.92. The third-order valence-electron chi connectivity index (χ3n) is 6.36. The van der Waals surface area contributed by atoms with Gasteiger partial charge in [-0.25, -0.2) is 0 Å². The molecule has 1 aliphatic rings. The van der Waals surface area contributed by atoms with E-state index < -0.39 is 0 Å². The highest BCUT2D eigenvalue weighted by Gasteiger charge is 2.36. The highest BCUT2D eigenvalue weighted by Crippen LogP contribution is 2.46. The van der Waals surface area contributed by atoms with Crippen LogP contribution in [0.3, 0.4) is 0 Å². The molecule has 1 aliphatic heterocycles. The first-order chi connectivity index (χ1) is 15.4. The Morgan fingerprint density at radius 2 is 2.00 bits per heavy atom. The van der Waals surface area contributed by atoms with Crippen molar-refractivity contribution in [1.29, 1.82) is 0 Å². The molecule has 162 valence electrons. The van der Waals surface area contributed by atoms with Gasteiger partial charge in [-0.1, -0.05) is 18.2 Å². The molecule has 4 aromatic rings. The van der Waals surface area contributed by atoms with Crippen LogP contribution in [0.1, 0.15) is 44.8 Å². The highest BCUT2D eigenvalue weighted by atomic mass is 35.5. The Labute approximate surface area is 190 Å². The minimum absolute atomic E-state index is 0.00579. The minimum atomic E-state index is -0.130. The molecule has 0 aliphatic carbocycles. The number of aryl methyl sites for hydroxylation is 1. The van der Waals surface area contributed by atoms with E-state index in [-0.39, 0.29) is 17.6 Å². The number of carbonyl (C=O) groups excluding carboxylic acids is 2. The van der Waals surface area contributed by atoms with E-state index in [1.165, 1.54) is 6.92 Å². The van der Waals surface area contributed by atoms with Crippen LogP contribution in [-0.4, -0.2) is 36.2 Å². The number of nitrogens with zero attached hydrogens (tertiary/aromatic N) is 1. The van der Waals surface area contributed by atoms with E-state index in [0.717, 1.165) is 44.2 Å². The molecule has 5 rings (SSSR count). The van der Waals surface area contributed by atoms with Crippen molar-refractivity contribution in [2.75, 3.05) is 24.4 Å². The number of H-pyrrole nitrogens is 1. The van der Waals surface area contributed by atoms with Crippen molar-refractivity contribution in [3.05, 3.63) is 70.9 Å². The van der Waals surface area contributed by atoms with Gasteiger partial charge in [-0.3, -0.25) is 9.59 Å². The molecule has 0 saturated carbocycles. The number of hydrogen-bond donors (Lipinski definition) is 1. The molecule has 0 fully saturated rings. The number of carbonyl (C=O) groups is 2. The fourth-order valence-corrected chi connectivity index (χ4v) is 5.04. The first-order valence-corrected chi connectivity index (χ1v) is 11.1. The summed E-state index contributed by atoms with van der Waals surface area (Å²) >= 11 is 6.38. The number of fused-ring (bicyclic) bond motifs is 4. The lowest BCUT2D eigenvalue weighted by molar-refractivity contribution is 0.0982. The van der Waals surface area contributed by atoms with Gasteiger partial charge in [0.05, 0.1) is 12.8 Å². The highest BCUT2D eigenvalue weighted by molar-refractivity contribution is 6.19. The average molecular weight is 447 g/mol. The third-order valence-corrected chi connectivity index (χ3v) is 6.73. The second-order valence-corrected chi connectivity index (χ2v) is 8.63. The lowest BCUT2D eigenvalue weighted by Crippen LogP contribution is -2.30. The van der Waals surface area contributed by atoms with Gasteiger partial charge in [0, 0.05) is 46.3 Å². The van der Waals surface area contributed by atoms with Crippen molar-refractivity contribution < 1.29 is 14.3 Å². The smallest absolute Gasteiger partial charge is 0.274 e. The minimum Gasteiger partial charge on any atom is -0.496 e. The van der Waals surface area contributed by atoms with Crippen molar-refractivity contribution in [1.82, 2.24) is 4.98 Å². The average Bonchev–Trinajstić information content (AvgIpc) is 3.38. The molecule has 1 N–H and O–H groups in total. The van der Waals surface area contributed by atoms with Crippen LogP contribution >= 0.6 is 11.6 Å². The fraction of sp³-hybridized carbons (Fsp3) is 0.231. The number of hydrogen-bond acceptors (Lipinski definition) is 3. The summed E-state index contributed by atoms with van der Waals surface area (Å²) in [4.78, 5) is 30.4. The maximum atomic E-state index is 13.6. The third kappa shape index (κ3) is 3.07. The number of benzene rings is 3. The molecule has 1 atom stereocenters. The number of methoxy groups -OCH3 is 1. The molecule has 0 spiro atoms.